The van der Waals surface area contributed by atoms with Gasteiger partial charge in [0.1, 0.15) is 0 Å². The normalized spacial score (nSPS) is 16.7. The molecule has 1 saturated heterocycles. The maximum absolute atomic E-state index is 2.66. The van der Waals surface area contributed by atoms with Crippen LogP contribution in [0.25, 0.3) is 10.8 Å². The quantitative estimate of drug-likeness (QED) is 0.361. The highest BCUT2D eigenvalue weighted by Crippen LogP contribution is 2.48. The minimum Gasteiger partial charge on any atom is -0.370 e. The van der Waals surface area contributed by atoms with E-state index in [9.17, 15) is 0 Å². The zero-order valence-electron chi connectivity index (χ0n) is 19.3. The van der Waals surface area contributed by atoms with Gasteiger partial charge in [0.2, 0.25) is 0 Å². The van der Waals surface area contributed by atoms with E-state index in [1.807, 2.05) is 11.9 Å². The molecular weight excluding hydrogens is 410 g/mol. The number of benzene rings is 3. The first kappa shape index (κ1) is 21.7. The number of unbranched alkanes of at least 4 members (excludes halogenated alkanes) is 1. The Kier molecular flexibility index (Phi) is 6.89. The zero-order chi connectivity index (χ0) is 21.8. The van der Waals surface area contributed by atoms with Gasteiger partial charge in [-0.1, -0.05) is 55.8 Å². The van der Waals surface area contributed by atoms with Crippen molar-refractivity contribution in [3.8, 4) is 0 Å². The second-order valence-electron chi connectivity index (χ2n) is 9.10. The highest BCUT2D eigenvalue weighted by Gasteiger charge is 2.25. The molecule has 0 aromatic heterocycles. The van der Waals surface area contributed by atoms with Crippen molar-refractivity contribution < 1.29 is 0 Å². The van der Waals surface area contributed by atoms with Gasteiger partial charge in [0, 0.05) is 47.5 Å². The van der Waals surface area contributed by atoms with Crippen molar-refractivity contribution >= 4 is 34.1 Å². The smallest absolute Gasteiger partial charge is 0.0565 e. The van der Waals surface area contributed by atoms with E-state index in [1.54, 1.807) is 0 Å². The molecular formula is C28H35N3S. The predicted octanol–water partition coefficient (Wildman–Crippen LogP) is 6.61. The molecule has 0 unspecified atom stereocenters. The fraction of sp³-hybridized carbons (Fsp3) is 0.429. The molecule has 32 heavy (non-hydrogen) atoms. The van der Waals surface area contributed by atoms with Crippen LogP contribution in [0.15, 0.2) is 65.6 Å². The van der Waals surface area contributed by atoms with Crippen molar-refractivity contribution in [1.29, 1.82) is 0 Å². The van der Waals surface area contributed by atoms with E-state index >= 15 is 0 Å². The van der Waals surface area contributed by atoms with Gasteiger partial charge >= 0.3 is 0 Å². The zero-order valence-corrected chi connectivity index (χ0v) is 20.1. The maximum atomic E-state index is 2.66. The lowest BCUT2D eigenvalue weighted by molar-refractivity contribution is 0.289. The van der Waals surface area contributed by atoms with E-state index in [0.717, 1.165) is 26.1 Å². The first-order chi connectivity index (χ1) is 15.8. The molecule has 0 spiro atoms. The van der Waals surface area contributed by atoms with Crippen molar-refractivity contribution in [2.24, 2.45) is 0 Å². The Bertz CT molecular complexity index is 1040. The van der Waals surface area contributed by atoms with Crippen LogP contribution in [0.3, 0.4) is 0 Å². The van der Waals surface area contributed by atoms with E-state index in [4.69, 9.17) is 0 Å². The minimum atomic E-state index is 1.08. The molecule has 0 N–H and O–H groups in total. The lowest BCUT2D eigenvalue weighted by Gasteiger charge is -2.26. The molecule has 1 fully saturated rings. The van der Waals surface area contributed by atoms with Gasteiger partial charge in [0.25, 0.3) is 0 Å². The number of aryl methyl sites for hydroxylation is 1. The van der Waals surface area contributed by atoms with Crippen molar-refractivity contribution in [2.45, 2.75) is 43.9 Å². The summed E-state index contributed by atoms with van der Waals surface area (Å²) in [6.07, 6.45) is 6.17. The summed E-state index contributed by atoms with van der Waals surface area (Å²) in [6.45, 7) is 9.35. The van der Waals surface area contributed by atoms with Crippen LogP contribution in [-0.2, 0) is 6.42 Å². The summed E-state index contributed by atoms with van der Waals surface area (Å²) in [5.41, 5.74) is 4.26. The highest BCUT2D eigenvalue weighted by atomic mass is 32.2. The molecule has 2 aliphatic heterocycles. The summed E-state index contributed by atoms with van der Waals surface area (Å²) in [7, 11) is 0. The Morgan fingerprint density at radius 2 is 1.66 bits per heavy atom. The molecule has 4 heteroatoms. The summed E-state index contributed by atoms with van der Waals surface area (Å²) >= 11 is 1.93. The van der Waals surface area contributed by atoms with Crippen molar-refractivity contribution in [2.75, 3.05) is 48.5 Å². The predicted molar refractivity (Wildman–Crippen MR) is 140 cm³/mol. The van der Waals surface area contributed by atoms with Crippen LogP contribution in [0, 0.1) is 0 Å². The monoisotopic (exact) mass is 445 g/mol. The first-order valence-electron chi connectivity index (χ1n) is 12.4. The Morgan fingerprint density at radius 1 is 0.781 bits per heavy atom. The summed E-state index contributed by atoms with van der Waals surface area (Å²) in [4.78, 5) is 6.71. The molecule has 5 rings (SSSR count). The Labute approximate surface area is 197 Å². The Balaban J connectivity index is 1.32. The summed E-state index contributed by atoms with van der Waals surface area (Å²) < 4.78 is 2.51. The second-order valence-corrected chi connectivity index (χ2v) is 10.2. The fourth-order valence-corrected chi connectivity index (χ4v) is 6.28. The summed E-state index contributed by atoms with van der Waals surface area (Å²) in [5, 5.41) is 2.89. The van der Waals surface area contributed by atoms with Crippen LogP contribution >= 0.6 is 11.9 Å². The number of rotatable bonds is 8. The van der Waals surface area contributed by atoms with Crippen LogP contribution in [0.1, 0.15) is 38.2 Å². The van der Waals surface area contributed by atoms with E-state index in [2.05, 4.69) is 81.7 Å². The molecule has 3 aromatic rings. The van der Waals surface area contributed by atoms with Gasteiger partial charge in [-0.3, -0.25) is 0 Å². The topological polar surface area (TPSA) is 9.72 Å². The van der Waals surface area contributed by atoms with Gasteiger partial charge < -0.3 is 14.1 Å². The van der Waals surface area contributed by atoms with Crippen molar-refractivity contribution in [3.63, 3.8) is 0 Å². The minimum absolute atomic E-state index is 1.08. The molecule has 0 radical (unpaired) electrons. The average molecular weight is 446 g/mol. The molecule has 3 aromatic carbocycles. The van der Waals surface area contributed by atoms with Gasteiger partial charge in [-0.05, 0) is 74.5 Å². The first-order valence-corrected chi connectivity index (χ1v) is 13.1. The highest BCUT2D eigenvalue weighted by molar-refractivity contribution is 8.01. The average Bonchev–Trinajstić information content (AvgIpc) is 3.02. The van der Waals surface area contributed by atoms with Crippen molar-refractivity contribution in [1.82, 2.24) is 4.90 Å². The molecule has 2 heterocycles. The van der Waals surface area contributed by atoms with Crippen LogP contribution in [0.4, 0.5) is 11.4 Å². The lowest BCUT2D eigenvalue weighted by Crippen LogP contribution is -2.31. The Hall–Kier alpha value is -2.17. The molecule has 0 amide bonds. The standard InChI is InChI=1S/C28H35N3S/c1-2-3-17-29-18-9-19-30(22-21-29)25-15-16-26-28-24(25)13-7-14-27(28)32-31(26)20-8-12-23-10-5-4-6-11-23/h4-7,10-11,13-16H,2-3,8-9,12,17-22H2,1H3. The molecule has 3 nitrogen and oxygen atoms in total. The maximum Gasteiger partial charge on any atom is 0.0565 e. The van der Waals surface area contributed by atoms with Crippen LogP contribution in [-0.4, -0.2) is 44.2 Å². The van der Waals surface area contributed by atoms with Crippen LogP contribution in [0.2, 0.25) is 0 Å². The molecule has 0 atom stereocenters. The van der Waals surface area contributed by atoms with E-state index in [0.29, 0.717) is 0 Å². The third-order valence-electron chi connectivity index (χ3n) is 6.86. The van der Waals surface area contributed by atoms with E-state index in [1.165, 1.54) is 77.9 Å². The SMILES string of the molecule is CCCCN1CCCN(c2ccc3c4c(cccc24)SN3CCCc2ccccc2)CC1. The molecule has 0 bridgehead atoms. The number of nitrogens with zero attached hydrogens (tertiary/aromatic N) is 3. The molecule has 2 aliphatic rings. The fourth-order valence-electron chi connectivity index (χ4n) is 5.12. The van der Waals surface area contributed by atoms with Gasteiger partial charge in [0.15, 0.2) is 0 Å². The Morgan fingerprint density at radius 3 is 2.53 bits per heavy atom. The van der Waals surface area contributed by atoms with E-state index in [-0.39, 0.29) is 0 Å². The number of hydrogen-bond acceptors (Lipinski definition) is 4. The third kappa shape index (κ3) is 4.62. The van der Waals surface area contributed by atoms with Crippen molar-refractivity contribution in [3.05, 3.63) is 66.2 Å². The number of anilines is 2. The van der Waals surface area contributed by atoms with Crippen LogP contribution in [0.5, 0.6) is 0 Å². The second kappa shape index (κ2) is 10.2. The van der Waals surface area contributed by atoms with E-state index < -0.39 is 0 Å². The molecule has 0 aliphatic carbocycles. The largest absolute Gasteiger partial charge is 0.370 e. The summed E-state index contributed by atoms with van der Waals surface area (Å²) in [6, 6.07) is 22.5. The summed E-state index contributed by atoms with van der Waals surface area (Å²) in [5.74, 6) is 0. The lowest BCUT2D eigenvalue weighted by atomic mass is 10.0. The molecule has 168 valence electrons. The third-order valence-corrected chi connectivity index (χ3v) is 8.00. The van der Waals surface area contributed by atoms with Gasteiger partial charge in [-0.15, -0.1) is 0 Å². The molecule has 0 saturated carbocycles. The van der Waals surface area contributed by atoms with Gasteiger partial charge in [0.05, 0.1) is 5.69 Å². The van der Waals surface area contributed by atoms with Crippen LogP contribution < -0.4 is 9.21 Å². The van der Waals surface area contributed by atoms with Gasteiger partial charge in [-0.2, -0.15) is 0 Å². The number of hydrogen-bond donors (Lipinski definition) is 0. The van der Waals surface area contributed by atoms with Gasteiger partial charge in [-0.25, -0.2) is 0 Å².